The first-order valence-corrected chi connectivity index (χ1v) is 10.7. The molecule has 2 aromatic rings. The minimum atomic E-state index is -3.67. The summed E-state index contributed by atoms with van der Waals surface area (Å²) in [5, 5.41) is 2.87. The zero-order chi connectivity index (χ0) is 20.5. The van der Waals surface area contributed by atoms with Crippen LogP contribution in [-0.4, -0.2) is 33.9 Å². The number of nitrogens with zero attached hydrogens (tertiary/aromatic N) is 1. The molecule has 0 aromatic heterocycles. The predicted molar refractivity (Wildman–Crippen MR) is 107 cm³/mol. The van der Waals surface area contributed by atoms with Gasteiger partial charge in [-0.25, -0.2) is 8.42 Å². The topological polar surface area (TPSA) is 84.9 Å². The van der Waals surface area contributed by atoms with Crippen LogP contribution in [0.15, 0.2) is 36.4 Å². The van der Waals surface area contributed by atoms with Crippen LogP contribution in [-0.2, 0) is 14.8 Å². The van der Waals surface area contributed by atoms with Crippen LogP contribution in [0.25, 0.3) is 0 Å². The lowest BCUT2D eigenvalue weighted by Crippen LogP contribution is -2.41. The molecule has 8 heteroatoms. The number of nitrogens with one attached hydrogen (secondary N) is 1. The third-order valence-electron chi connectivity index (χ3n) is 4.74. The predicted octanol–water partition coefficient (Wildman–Crippen LogP) is 2.68. The third-order valence-corrected chi connectivity index (χ3v) is 5.88. The average molecular weight is 404 g/mol. The van der Waals surface area contributed by atoms with E-state index in [0.29, 0.717) is 17.2 Å². The fourth-order valence-corrected chi connectivity index (χ4v) is 3.82. The molecule has 0 unspecified atom stereocenters. The molecule has 7 nitrogen and oxygen atoms in total. The number of fused-ring (bicyclic) bond motifs is 1. The summed E-state index contributed by atoms with van der Waals surface area (Å²) >= 11 is 0. The standard InChI is InChI=1S/C20H24N2O5S/c1-13-5-6-16(9-14(13)2)15(3)21-20(23)11-22(28(4,24)25)17-7-8-18-19(10-17)27-12-26-18/h5-10,15H,11-12H2,1-4H3,(H,21,23)/t15-/m0/s1. The molecule has 1 N–H and O–H groups in total. The van der Waals surface area contributed by atoms with Gasteiger partial charge in [-0.3, -0.25) is 9.10 Å². The van der Waals surface area contributed by atoms with E-state index in [4.69, 9.17) is 9.47 Å². The Labute approximate surface area is 165 Å². The molecule has 0 bridgehead atoms. The van der Waals surface area contributed by atoms with Gasteiger partial charge >= 0.3 is 0 Å². The van der Waals surface area contributed by atoms with Crippen molar-refractivity contribution in [3.63, 3.8) is 0 Å². The van der Waals surface area contributed by atoms with Gasteiger partial charge in [0, 0.05) is 6.07 Å². The van der Waals surface area contributed by atoms with Gasteiger partial charge in [0.1, 0.15) is 6.54 Å². The molecule has 0 radical (unpaired) electrons. The first-order chi connectivity index (χ1) is 13.1. The molecule has 2 aromatic carbocycles. The number of hydrogen-bond donors (Lipinski definition) is 1. The smallest absolute Gasteiger partial charge is 0.241 e. The van der Waals surface area contributed by atoms with Gasteiger partial charge in [0.15, 0.2) is 11.5 Å². The van der Waals surface area contributed by atoms with Crippen LogP contribution in [0.5, 0.6) is 11.5 Å². The van der Waals surface area contributed by atoms with Crippen molar-refractivity contribution in [2.45, 2.75) is 26.8 Å². The Kier molecular flexibility index (Phi) is 5.51. The summed E-state index contributed by atoms with van der Waals surface area (Å²) in [6.45, 7) is 5.67. The van der Waals surface area contributed by atoms with Gasteiger partial charge in [0.2, 0.25) is 22.7 Å². The molecule has 0 fully saturated rings. The molecular weight excluding hydrogens is 380 g/mol. The SMILES string of the molecule is Cc1ccc([C@H](C)NC(=O)CN(c2ccc3c(c2)OCO3)S(C)(=O)=O)cc1C. The summed E-state index contributed by atoms with van der Waals surface area (Å²) < 4.78 is 36.2. The van der Waals surface area contributed by atoms with Crippen molar-refractivity contribution >= 4 is 21.6 Å². The van der Waals surface area contributed by atoms with Crippen LogP contribution in [0.3, 0.4) is 0 Å². The molecule has 0 saturated carbocycles. The van der Waals surface area contributed by atoms with Crippen molar-refractivity contribution in [3.05, 3.63) is 53.1 Å². The maximum Gasteiger partial charge on any atom is 0.241 e. The quantitative estimate of drug-likeness (QED) is 0.800. The lowest BCUT2D eigenvalue weighted by Gasteiger charge is -2.23. The normalized spacial score (nSPS) is 13.9. The molecule has 1 atom stereocenters. The van der Waals surface area contributed by atoms with Gasteiger partial charge in [-0.05, 0) is 49.6 Å². The number of hydrogen-bond acceptors (Lipinski definition) is 5. The molecule has 150 valence electrons. The van der Waals surface area contributed by atoms with Crippen LogP contribution >= 0.6 is 0 Å². The van der Waals surface area contributed by atoms with Crippen LogP contribution in [0.1, 0.15) is 29.7 Å². The highest BCUT2D eigenvalue weighted by Crippen LogP contribution is 2.36. The molecule has 1 aliphatic heterocycles. The lowest BCUT2D eigenvalue weighted by molar-refractivity contribution is -0.120. The van der Waals surface area contributed by atoms with Crippen molar-refractivity contribution in [1.82, 2.24) is 5.32 Å². The highest BCUT2D eigenvalue weighted by atomic mass is 32.2. The molecule has 1 aliphatic rings. The second-order valence-electron chi connectivity index (χ2n) is 6.94. The lowest BCUT2D eigenvalue weighted by atomic mass is 10.0. The Bertz CT molecular complexity index is 1000. The molecule has 0 aliphatic carbocycles. The third kappa shape index (κ3) is 4.39. The van der Waals surface area contributed by atoms with Crippen LogP contribution < -0.4 is 19.1 Å². The van der Waals surface area contributed by atoms with Crippen LogP contribution in [0, 0.1) is 13.8 Å². The van der Waals surface area contributed by atoms with E-state index in [1.165, 1.54) is 5.56 Å². The number of benzene rings is 2. The number of sulfonamides is 1. The first-order valence-electron chi connectivity index (χ1n) is 8.89. The summed E-state index contributed by atoms with van der Waals surface area (Å²) in [5.41, 5.74) is 3.62. The van der Waals surface area contributed by atoms with Crippen LogP contribution in [0.4, 0.5) is 5.69 Å². The molecule has 1 amide bonds. The Morgan fingerprint density at radius 1 is 1.11 bits per heavy atom. The molecule has 3 rings (SSSR count). The van der Waals surface area contributed by atoms with Gasteiger partial charge in [-0.15, -0.1) is 0 Å². The van der Waals surface area contributed by atoms with E-state index in [1.54, 1.807) is 18.2 Å². The van der Waals surface area contributed by atoms with Gasteiger partial charge in [-0.1, -0.05) is 18.2 Å². The average Bonchev–Trinajstić information content (AvgIpc) is 3.08. The number of aryl methyl sites for hydroxylation is 2. The van der Waals surface area contributed by atoms with Crippen molar-refractivity contribution in [2.75, 3.05) is 23.9 Å². The van der Waals surface area contributed by atoms with Gasteiger partial charge < -0.3 is 14.8 Å². The summed E-state index contributed by atoms with van der Waals surface area (Å²) in [7, 11) is -3.67. The maximum atomic E-state index is 12.6. The summed E-state index contributed by atoms with van der Waals surface area (Å²) in [6, 6.07) is 10.5. The van der Waals surface area contributed by atoms with E-state index in [1.807, 2.05) is 39.0 Å². The zero-order valence-electron chi connectivity index (χ0n) is 16.4. The minimum absolute atomic E-state index is 0.0889. The molecule has 1 heterocycles. The number of ether oxygens (including phenoxy) is 2. The number of carbonyl (C=O) groups excluding carboxylic acids is 1. The number of anilines is 1. The van der Waals surface area contributed by atoms with E-state index in [9.17, 15) is 13.2 Å². The highest BCUT2D eigenvalue weighted by molar-refractivity contribution is 7.92. The number of amides is 1. The van der Waals surface area contributed by atoms with E-state index >= 15 is 0 Å². The minimum Gasteiger partial charge on any atom is -0.454 e. The van der Waals surface area contributed by atoms with E-state index in [2.05, 4.69) is 5.32 Å². The highest BCUT2D eigenvalue weighted by Gasteiger charge is 2.24. The Balaban J connectivity index is 1.76. The molecular formula is C20H24N2O5S. The molecule has 0 saturated heterocycles. The first kappa shape index (κ1) is 20.0. The maximum absolute atomic E-state index is 12.6. The van der Waals surface area contributed by atoms with Crippen molar-refractivity contribution in [3.8, 4) is 11.5 Å². The van der Waals surface area contributed by atoms with Gasteiger partial charge in [0.05, 0.1) is 18.0 Å². The van der Waals surface area contributed by atoms with Gasteiger partial charge in [-0.2, -0.15) is 0 Å². The van der Waals surface area contributed by atoms with Gasteiger partial charge in [0.25, 0.3) is 0 Å². The fourth-order valence-electron chi connectivity index (χ4n) is 2.98. The number of rotatable bonds is 6. The Hall–Kier alpha value is -2.74. The molecule has 28 heavy (non-hydrogen) atoms. The van der Waals surface area contributed by atoms with Crippen molar-refractivity contribution in [2.24, 2.45) is 0 Å². The number of carbonyl (C=O) groups is 1. The second kappa shape index (κ2) is 7.71. The monoisotopic (exact) mass is 404 g/mol. The summed E-state index contributed by atoms with van der Waals surface area (Å²) in [5.74, 6) is 0.605. The summed E-state index contributed by atoms with van der Waals surface area (Å²) in [6.07, 6.45) is 1.07. The van der Waals surface area contributed by atoms with Crippen molar-refractivity contribution < 1.29 is 22.7 Å². The second-order valence-corrected chi connectivity index (χ2v) is 8.85. The zero-order valence-corrected chi connectivity index (χ0v) is 17.2. The summed E-state index contributed by atoms with van der Waals surface area (Å²) in [4.78, 5) is 12.6. The molecule has 0 spiro atoms. The Morgan fingerprint density at radius 3 is 2.50 bits per heavy atom. The largest absolute Gasteiger partial charge is 0.454 e. The van der Waals surface area contributed by atoms with E-state index in [0.717, 1.165) is 21.7 Å². The Morgan fingerprint density at radius 2 is 1.82 bits per heavy atom. The van der Waals surface area contributed by atoms with E-state index in [-0.39, 0.29) is 19.4 Å². The van der Waals surface area contributed by atoms with E-state index < -0.39 is 15.9 Å². The fraction of sp³-hybridized carbons (Fsp3) is 0.350. The van der Waals surface area contributed by atoms with Crippen molar-refractivity contribution in [1.29, 1.82) is 0 Å². The van der Waals surface area contributed by atoms with Crippen LogP contribution in [0.2, 0.25) is 0 Å².